The van der Waals surface area contributed by atoms with Crippen LogP contribution in [-0.2, 0) is 6.42 Å². The molecular weight excluding hydrogens is 277 g/mol. The fraction of sp³-hybridized carbons (Fsp3) is 0.333. The molecule has 0 aliphatic rings. The summed E-state index contributed by atoms with van der Waals surface area (Å²) in [5.74, 6) is 0.386. The molecule has 0 saturated heterocycles. The minimum Gasteiger partial charge on any atom is -0.367 e. The van der Waals surface area contributed by atoms with E-state index in [0.717, 1.165) is 28.9 Å². The Labute approximate surface area is 123 Å². The number of halogens is 2. The second-order valence-electron chi connectivity index (χ2n) is 4.78. The van der Waals surface area contributed by atoms with Gasteiger partial charge in [-0.05, 0) is 50.5 Å². The van der Waals surface area contributed by atoms with Crippen LogP contribution in [-0.4, -0.2) is 16.5 Å². The zero-order valence-electron chi connectivity index (χ0n) is 11.8. The number of hydrogen-bond donors (Lipinski definition) is 1. The summed E-state index contributed by atoms with van der Waals surface area (Å²) in [5, 5.41) is 3.55. The van der Waals surface area contributed by atoms with Crippen LogP contribution < -0.4 is 5.32 Å². The highest BCUT2D eigenvalue weighted by molar-refractivity contribution is 6.31. The van der Waals surface area contributed by atoms with Gasteiger partial charge in [0, 0.05) is 6.54 Å². The molecule has 0 spiro atoms. The number of hydrogen-bond acceptors (Lipinski definition) is 3. The molecule has 1 heterocycles. The maximum atomic E-state index is 13.0. The number of anilines is 1. The molecule has 3 nitrogen and oxygen atoms in total. The van der Waals surface area contributed by atoms with Crippen LogP contribution in [0.15, 0.2) is 18.2 Å². The lowest BCUT2D eigenvalue weighted by atomic mass is 10.1. The summed E-state index contributed by atoms with van der Waals surface area (Å²) in [5.41, 5.74) is 3.74. The van der Waals surface area contributed by atoms with E-state index in [1.54, 1.807) is 6.07 Å². The van der Waals surface area contributed by atoms with Gasteiger partial charge >= 0.3 is 0 Å². The number of benzene rings is 1. The van der Waals surface area contributed by atoms with Gasteiger partial charge in [-0.1, -0.05) is 17.7 Å². The summed E-state index contributed by atoms with van der Waals surface area (Å²) in [6, 6.07) is 4.82. The van der Waals surface area contributed by atoms with E-state index in [4.69, 9.17) is 11.6 Å². The molecule has 1 aromatic carbocycles. The van der Waals surface area contributed by atoms with Gasteiger partial charge in [0.15, 0.2) is 11.0 Å². The molecule has 1 aromatic heterocycles. The Morgan fingerprint density at radius 1 is 1.15 bits per heavy atom. The van der Waals surface area contributed by atoms with Crippen molar-refractivity contribution in [1.29, 1.82) is 0 Å². The second kappa shape index (κ2) is 6.18. The Morgan fingerprint density at radius 3 is 2.55 bits per heavy atom. The van der Waals surface area contributed by atoms with E-state index in [-0.39, 0.29) is 5.82 Å². The van der Waals surface area contributed by atoms with Crippen molar-refractivity contribution < 1.29 is 4.39 Å². The van der Waals surface area contributed by atoms with Crippen molar-refractivity contribution in [3.05, 3.63) is 51.7 Å². The van der Waals surface area contributed by atoms with Crippen LogP contribution >= 0.6 is 11.6 Å². The molecule has 0 radical (unpaired) electrons. The average Bonchev–Trinajstić information content (AvgIpc) is 2.38. The van der Waals surface area contributed by atoms with E-state index in [9.17, 15) is 4.39 Å². The smallest absolute Gasteiger partial charge is 0.171 e. The van der Waals surface area contributed by atoms with Crippen molar-refractivity contribution in [2.45, 2.75) is 27.2 Å². The Bertz CT molecular complexity index is 629. The Hall–Kier alpha value is -1.68. The van der Waals surface area contributed by atoms with Gasteiger partial charge < -0.3 is 5.32 Å². The van der Waals surface area contributed by atoms with E-state index in [0.29, 0.717) is 17.5 Å². The van der Waals surface area contributed by atoms with Gasteiger partial charge in [-0.3, -0.25) is 0 Å². The van der Waals surface area contributed by atoms with E-state index in [2.05, 4.69) is 15.3 Å². The summed E-state index contributed by atoms with van der Waals surface area (Å²) >= 11 is 6.05. The van der Waals surface area contributed by atoms with Gasteiger partial charge in [-0.25, -0.2) is 14.4 Å². The van der Waals surface area contributed by atoms with Gasteiger partial charge in [0.2, 0.25) is 0 Å². The van der Waals surface area contributed by atoms with Crippen LogP contribution in [0.2, 0.25) is 5.15 Å². The fourth-order valence-electron chi connectivity index (χ4n) is 1.94. The van der Waals surface area contributed by atoms with Gasteiger partial charge in [0.25, 0.3) is 0 Å². The summed E-state index contributed by atoms with van der Waals surface area (Å²) in [4.78, 5) is 8.59. The SMILES string of the molecule is Cc1cc(F)ccc1CCNc1nc(C)c(C)nc1Cl. The number of aromatic nitrogens is 2. The Morgan fingerprint density at radius 2 is 1.85 bits per heavy atom. The van der Waals surface area contributed by atoms with Gasteiger partial charge in [-0.15, -0.1) is 0 Å². The predicted octanol–water partition coefficient (Wildman–Crippen LogP) is 3.85. The predicted molar refractivity (Wildman–Crippen MR) is 79.8 cm³/mol. The molecule has 0 amide bonds. The molecular formula is C15H17ClFN3. The minimum absolute atomic E-state index is 0.206. The van der Waals surface area contributed by atoms with E-state index >= 15 is 0 Å². The standard InChI is InChI=1S/C15H17ClFN3/c1-9-8-13(17)5-4-12(9)6-7-18-15-14(16)19-10(2)11(3)20-15/h4-5,8H,6-7H2,1-3H3,(H,18,20). The van der Waals surface area contributed by atoms with Gasteiger partial charge in [0.1, 0.15) is 5.82 Å². The Kier molecular flexibility index (Phi) is 4.55. The molecule has 2 aromatic rings. The van der Waals surface area contributed by atoms with Crippen LogP contribution in [0.4, 0.5) is 10.2 Å². The zero-order chi connectivity index (χ0) is 14.7. The summed E-state index contributed by atoms with van der Waals surface area (Å²) in [6.07, 6.45) is 0.775. The normalized spacial score (nSPS) is 10.7. The molecule has 5 heteroatoms. The van der Waals surface area contributed by atoms with Crippen molar-refractivity contribution in [3.8, 4) is 0 Å². The number of aryl methyl sites for hydroxylation is 3. The third-order valence-electron chi connectivity index (χ3n) is 3.26. The second-order valence-corrected chi connectivity index (χ2v) is 5.14. The number of nitrogens with one attached hydrogen (secondary N) is 1. The van der Waals surface area contributed by atoms with E-state index in [1.165, 1.54) is 12.1 Å². The maximum absolute atomic E-state index is 13.0. The zero-order valence-corrected chi connectivity index (χ0v) is 12.6. The van der Waals surface area contributed by atoms with Crippen LogP contribution in [0.25, 0.3) is 0 Å². The van der Waals surface area contributed by atoms with Crippen LogP contribution in [0, 0.1) is 26.6 Å². The molecule has 0 aliphatic heterocycles. The Balaban J connectivity index is 2.01. The summed E-state index contributed by atoms with van der Waals surface area (Å²) < 4.78 is 13.0. The molecule has 0 atom stereocenters. The molecule has 0 fully saturated rings. The van der Waals surface area contributed by atoms with Crippen molar-refractivity contribution in [2.24, 2.45) is 0 Å². The summed E-state index contributed by atoms with van der Waals surface area (Å²) in [6.45, 7) is 6.35. The maximum Gasteiger partial charge on any atom is 0.171 e. The van der Waals surface area contributed by atoms with E-state index in [1.807, 2.05) is 20.8 Å². The lowest BCUT2D eigenvalue weighted by molar-refractivity contribution is 0.625. The molecule has 0 aliphatic carbocycles. The molecule has 0 saturated carbocycles. The average molecular weight is 294 g/mol. The van der Waals surface area contributed by atoms with Crippen LogP contribution in [0.5, 0.6) is 0 Å². The van der Waals surface area contributed by atoms with Crippen molar-refractivity contribution in [3.63, 3.8) is 0 Å². The monoisotopic (exact) mass is 293 g/mol. The largest absolute Gasteiger partial charge is 0.367 e. The van der Waals surface area contributed by atoms with E-state index < -0.39 is 0 Å². The lowest BCUT2D eigenvalue weighted by Crippen LogP contribution is -2.09. The highest BCUT2D eigenvalue weighted by Gasteiger charge is 2.07. The molecule has 20 heavy (non-hydrogen) atoms. The molecule has 106 valence electrons. The topological polar surface area (TPSA) is 37.8 Å². The highest BCUT2D eigenvalue weighted by atomic mass is 35.5. The quantitative estimate of drug-likeness (QED) is 0.930. The van der Waals surface area contributed by atoms with Crippen LogP contribution in [0.3, 0.4) is 0 Å². The molecule has 0 bridgehead atoms. The van der Waals surface area contributed by atoms with Crippen LogP contribution in [0.1, 0.15) is 22.5 Å². The fourth-order valence-corrected chi connectivity index (χ4v) is 2.18. The van der Waals surface area contributed by atoms with Crippen molar-refractivity contribution in [2.75, 3.05) is 11.9 Å². The first-order valence-electron chi connectivity index (χ1n) is 6.47. The number of nitrogens with zero attached hydrogens (tertiary/aromatic N) is 2. The van der Waals surface area contributed by atoms with Crippen molar-refractivity contribution >= 4 is 17.4 Å². The number of rotatable bonds is 4. The third kappa shape index (κ3) is 3.45. The third-order valence-corrected chi connectivity index (χ3v) is 3.52. The molecule has 0 unspecified atom stereocenters. The molecule has 1 N–H and O–H groups in total. The first-order chi connectivity index (χ1) is 9.47. The van der Waals surface area contributed by atoms with Crippen molar-refractivity contribution in [1.82, 2.24) is 9.97 Å². The van der Waals surface area contributed by atoms with Gasteiger partial charge in [0.05, 0.1) is 11.4 Å². The van der Waals surface area contributed by atoms with Gasteiger partial charge in [-0.2, -0.15) is 0 Å². The minimum atomic E-state index is -0.206. The lowest BCUT2D eigenvalue weighted by Gasteiger charge is -2.10. The summed E-state index contributed by atoms with van der Waals surface area (Å²) in [7, 11) is 0. The highest BCUT2D eigenvalue weighted by Crippen LogP contribution is 2.18. The first kappa shape index (κ1) is 14.7. The first-order valence-corrected chi connectivity index (χ1v) is 6.85. The molecule has 2 rings (SSSR count).